The Morgan fingerprint density at radius 1 is 0.882 bits per heavy atom. The third kappa shape index (κ3) is 6.56. The molecule has 0 spiro atoms. The van der Waals surface area contributed by atoms with Gasteiger partial charge in [-0.3, -0.25) is 9.59 Å². The van der Waals surface area contributed by atoms with Crippen LogP contribution in [0.25, 0.3) is 0 Å². The van der Waals surface area contributed by atoms with Gasteiger partial charge in [-0.05, 0) is 60.2 Å². The molecule has 0 atom stereocenters. The molecule has 10 heteroatoms. The molecular formula is C24H18F4N4O2. The molecule has 0 aliphatic rings. The second kappa shape index (κ2) is 10.5. The fraction of sp³-hybridized carbons (Fsp3) is 0.125. The Balaban J connectivity index is 1.67. The van der Waals surface area contributed by atoms with E-state index >= 15 is 0 Å². The van der Waals surface area contributed by atoms with Gasteiger partial charge in [-0.1, -0.05) is 12.1 Å². The SMILES string of the molecule is N#CCc1ccc(NC(=O)CNc2ccc(NC(=O)c3ccc(F)cc3)cc2C(F)(F)F)cc1. The Hall–Kier alpha value is -4.39. The summed E-state index contributed by atoms with van der Waals surface area (Å²) in [6.07, 6.45) is -4.54. The van der Waals surface area contributed by atoms with Crippen molar-refractivity contribution < 1.29 is 27.2 Å². The molecule has 3 rings (SSSR count). The van der Waals surface area contributed by atoms with Gasteiger partial charge in [-0.25, -0.2) is 4.39 Å². The van der Waals surface area contributed by atoms with Gasteiger partial charge in [0.15, 0.2) is 0 Å². The highest BCUT2D eigenvalue weighted by molar-refractivity contribution is 6.04. The molecule has 0 unspecified atom stereocenters. The molecular weight excluding hydrogens is 452 g/mol. The van der Waals surface area contributed by atoms with E-state index in [2.05, 4.69) is 16.0 Å². The van der Waals surface area contributed by atoms with Crippen LogP contribution in [-0.2, 0) is 17.4 Å². The van der Waals surface area contributed by atoms with Gasteiger partial charge in [-0.15, -0.1) is 0 Å². The monoisotopic (exact) mass is 470 g/mol. The maximum absolute atomic E-state index is 13.6. The lowest BCUT2D eigenvalue weighted by atomic mass is 10.1. The first-order valence-corrected chi connectivity index (χ1v) is 9.93. The molecule has 6 nitrogen and oxygen atoms in total. The Bertz CT molecular complexity index is 1220. The number of nitrogens with one attached hydrogen (secondary N) is 3. The zero-order chi connectivity index (χ0) is 24.7. The van der Waals surface area contributed by atoms with Gasteiger partial charge in [0.05, 0.1) is 24.6 Å². The Morgan fingerprint density at radius 2 is 1.53 bits per heavy atom. The number of halogens is 4. The average Bonchev–Trinajstić information content (AvgIpc) is 2.79. The third-order valence-electron chi connectivity index (χ3n) is 4.65. The van der Waals surface area contributed by atoms with Crippen LogP contribution in [0.2, 0.25) is 0 Å². The molecule has 174 valence electrons. The fourth-order valence-corrected chi connectivity index (χ4v) is 2.99. The lowest BCUT2D eigenvalue weighted by Gasteiger charge is -2.16. The van der Waals surface area contributed by atoms with Crippen molar-refractivity contribution in [3.8, 4) is 6.07 Å². The van der Waals surface area contributed by atoms with Crippen molar-refractivity contribution in [2.24, 2.45) is 0 Å². The maximum Gasteiger partial charge on any atom is 0.418 e. The van der Waals surface area contributed by atoms with Crippen molar-refractivity contribution >= 4 is 28.9 Å². The van der Waals surface area contributed by atoms with E-state index in [4.69, 9.17) is 5.26 Å². The number of nitrogens with zero attached hydrogens (tertiary/aromatic N) is 1. The van der Waals surface area contributed by atoms with Gasteiger partial charge in [0.2, 0.25) is 5.91 Å². The van der Waals surface area contributed by atoms with Gasteiger partial charge in [0, 0.05) is 22.6 Å². The normalized spacial score (nSPS) is 10.8. The first-order valence-electron chi connectivity index (χ1n) is 9.93. The Morgan fingerprint density at radius 3 is 2.15 bits per heavy atom. The van der Waals surface area contributed by atoms with Crippen molar-refractivity contribution in [1.82, 2.24) is 0 Å². The van der Waals surface area contributed by atoms with E-state index in [0.29, 0.717) is 5.69 Å². The first kappa shape index (κ1) is 24.3. The van der Waals surface area contributed by atoms with Crippen molar-refractivity contribution in [3.05, 3.63) is 89.2 Å². The van der Waals surface area contributed by atoms with E-state index in [0.717, 1.165) is 29.8 Å². The van der Waals surface area contributed by atoms with Gasteiger partial charge < -0.3 is 16.0 Å². The number of alkyl halides is 3. The molecule has 3 aromatic rings. The van der Waals surface area contributed by atoms with E-state index in [9.17, 15) is 27.2 Å². The lowest BCUT2D eigenvalue weighted by Crippen LogP contribution is -2.23. The number of nitriles is 1. The standard InChI is InChI=1S/C24H18F4N4O2/c25-17-5-3-16(4-6-17)23(34)32-19-9-10-21(20(13-19)24(26,27)28)30-14-22(33)31-18-7-1-15(2-8-18)11-12-29/h1-10,13,30H,11,14H2,(H,31,33)(H,32,34). The number of carbonyl (C=O) groups is 2. The second-order valence-electron chi connectivity index (χ2n) is 7.15. The topological polar surface area (TPSA) is 94.0 Å². The molecule has 0 fully saturated rings. The number of benzene rings is 3. The summed E-state index contributed by atoms with van der Waals surface area (Å²) in [6, 6.07) is 16.1. The van der Waals surface area contributed by atoms with Gasteiger partial charge in [0.25, 0.3) is 5.91 Å². The minimum atomic E-state index is -4.76. The van der Waals surface area contributed by atoms with Gasteiger partial charge >= 0.3 is 6.18 Å². The van der Waals surface area contributed by atoms with Crippen molar-refractivity contribution in [2.75, 3.05) is 22.5 Å². The smallest absolute Gasteiger partial charge is 0.376 e. The molecule has 0 aromatic heterocycles. The molecule has 0 saturated heterocycles. The molecule has 3 N–H and O–H groups in total. The van der Waals surface area contributed by atoms with E-state index in [1.165, 1.54) is 18.2 Å². The third-order valence-corrected chi connectivity index (χ3v) is 4.65. The maximum atomic E-state index is 13.6. The number of amides is 2. The molecule has 0 heterocycles. The van der Waals surface area contributed by atoms with Crippen LogP contribution in [0.15, 0.2) is 66.7 Å². The van der Waals surface area contributed by atoms with E-state index in [-0.39, 0.29) is 23.4 Å². The van der Waals surface area contributed by atoms with Gasteiger partial charge in [0.1, 0.15) is 5.82 Å². The predicted molar refractivity (Wildman–Crippen MR) is 119 cm³/mol. The van der Waals surface area contributed by atoms with Crippen LogP contribution in [0.5, 0.6) is 0 Å². The van der Waals surface area contributed by atoms with Crippen LogP contribution in [-0.4, -0.2) is 18.4 Å². The molecule has 34 heavy (non-hydrogen) atoms. The van der Waals surface area contributed by atoms with E-state index in [1.54, 1.807) is 24.3 Å². The minimum Gasteiger partial charge on any atom is -0.376 e. The summed E-state index contributed by atoms with van der Waals surface area (Å²) < 4.78 is 53.8. The number of rotatable bonds is 7. The number of hydrogen-bond acceptors (Lipinski definition) is 4. The highest BCUT2D eigenvalue weighted by atomic mass is 19.4. The molecule has 2 amide bonds. The van der Waals surface area contributed by atoms with Crippen LogP contribution in [0.4, 0.5) is 34.6 Å². The van der Waals surface area contributed by atoms with E-state index < -0.39 is 35.9 Å². The average molecular weight is 470 g/mol. The van der Waals surface area contributed by atoms with Crippen molar-refractivity contribution in [3.63, 3.8) is 0 Å². The highest BCUT2D eigenvalue weighted by Crippen LogP contribution is 2.36. The fourth-order valence-electron chi connectivity index (χ4n) is 2.99. The van der Waals surface area contributed by atoms with Crippen molar-refractivity contribution in [1.29, 1.82) is 5.26 Å². The molecule has 3 aromatic carbocycles. The van der Waals surface area contributed by atoms with Gasteiger partial charge in [-0.2, -0.15) is 18.4 Å². The summed E-state index contributed by atoms with van der Waals surface area (Å²) in [5, 5.41) is 16.0. The molecule has 0 aliphatic heterocycles. The zero-order valence-corrected chi connectivity index (χ0v) is 17.5. The summed E-state index contributed by atoms with van der Waals surface area (Å²) in [4.78, 5) is 24.4. The first-order chi connectivity index (χ1) is 16.2. The van der Waals surface area contributed by atoms with Crippen LogP contribution in [0, 0.1) is 17.1 Å². The van der Waals surface area contributed by atoms with Crippen LogP contribution in [0.1, 0.15) is 21.5 Å². The summed E-state index contributed by atoms with van der Waals surface area (Å²) in [5.41, 5.74) is -0.253. The lowest BCUT2D eigenvalue weighted by molar-refractivity contribution is -0.137. The zero-order valence-electron chi connectivity index (χ0n) is 17.5. The molecule has 0 bridgehead atoms. The summed E-state index contributed by atoms with van der Waals surface area (Å²) >= 11 is 0. The predicted octanol–water partition coefficient (Wildman–Crippen LogP) is 5.21. The van der Waals surface area contributed by atoms with Crippen molar-refractivity contribution in [2.45, 2.75) is 12.6 Å². The molecule has 0 saturated carbocycles. The summed E-state index contributed by atoms with van der Waals surface area (Å²) in [7, 11) is 0. The Labute approximate surface area is 192 Å². The number of anilines is 3. The molecule has 0 aliphatic carbocycles. The number of carbonyl (C=O) groups excluding carboxylic acids is 2. The van der Waals surface area contributed by atoms with E-state index in [1.807, 2.05) is 6.07 Å². The van der Waals surface area contributed by atoms with Crippen LogP contribution < -0.4 is 16.0 Å². The van der Waals surface area contributed by atoms with Crippen LogP contribution >= 0.6 is 0 Å². The summed E-state index contributed by atoms with van der Waals surface area (Å²) in [5.74, 6) is -1.82. The summed E-state index contributed by atoms with van der Waals surface area (Å²) in [6.45, 7) is -0.440. The Kier molecular flexibility index (Phi) is 7.48. The number of hydrogen-bond donors (Lipinski definition) is 3. The largest absolute Gasteiger partial charge is 0.418 e. The second-order valence-corrected chi connectivity index (χ2v) is 7.15. The van der Waals surface area contributed by atoms with Crippen LogP contribution in [0.3, 0.4) is 0 Å². The quantitative estimate of drug-likeness (QED) is 0.413. The highest BCUT2D eigenvalue weighted by Gasteiger charge is 2.34. The minimum absolute atomic E-state index is 0.0782. The molecule has 0 radical (unpaired) electrons.